The van der Waals surface area contributed by atoms with Crippen molar-refractivity contribution in [2.45, 2.75) is 26.8 Å². The molecule has 1 aliphatic heterocycles. The summed E-state index contributed by atoms with van der Waals surface area (Å²) in [6.07, 6.45) is 0. The molecule has 0 radical (unpaired) electrons. The van der Waals surface area contributed by atoms with Gasteiger partial charge in [-0.25, -0.2) is 13.8 Å². The average Bonchev–Trinajstić information content (AvgIpc) is 3.33. The van der Waals surface area contributed by atoms with Gasteiger partial charge in [-0.2, -0.15) is 0 Å². The van der Waals surface area contributed by atoms with Gasteiger partial charge in [0.2, 0.25) is 5.78 Å². The molecule has 0 saturated heterocycles. The molecule has 0 aliphatic carbocycles. The average molecular weight is 430 g/mol. The maximum absolute atomic E-state index is 14.6. The molecule has 4 rings (SSSR count). The molecule has 0 saturated carbocycles. The van der Waals surface area contributed by atoms with Crippen LogP contribution < -0.4 is 4.90 Å². The lowest BCUT2D eigenvalue weighted by molar-refractivity contribution is -0.117. The van der Waals surface area contributed by atoms with Crippen molar-refractivity contribution in [1.82, 2.24) is 4.98 Å². The first kappa shape index (κ1) is 20.0. The number of carbonyl (C=O) groups excluding carboxylic acids is 2. The van der Waals surface area contributed by atoms with Crippen LogP contribution in [0.3, 0.4) is 0 Å². The molecule has 3 aromatic rings. The second kappa shape index (κ2) is 7.17. The highest BCUT2D eigenvalue weighted by molar-refractivity contribution is 7.14. The molecule has 30 heavy (non-hydrogen) atoms. The lowest BCUT2D eigenvalue weighted by Crippen LogP contribution is -2.31. The normalized spacial score (nSPS) is 16.6. The third kappa shape index (κ3) is 3.11. The summed E-state index contributed by atoms with van der Waals surface area (Å²) in [7, 11) is 0. The van der Waals surface area contributed by atoms with Crippen LogP contribution in [0.5, 0.6) is 0 Å². The zero-order valence-corrected chi connectivity index (χ0v) is 17.0. The van der Waals surface area contributed by atoms with Crippen LogP contribution in [0, 0.1) is 32.4 Å². The van der Waals surface area contributed by atoms with Crippen LogP contribution in [0.25, 0.3) is 0 Å². The van der Waals surface area contributed by atoms with E-state index in [-0.39, 0.29) is 16.2 Å². The fourth-order valence-corrected chi connectivity index (χ4v) is 4.36. The first-order chi connectivity index (χ1) is 14.2. The molecule has 0 bridgehead atoms. The van der Waals surface area contributed by atoms with Crippen LogP contribution in [0.2, 0.25) is 0 Å². The molecule has 9 heteroatoms. The summed E-state index contributed by atoms with van der Waals surface area (Å²) in [5.41, 5.74) is -0.240. The van der Waals surface area contributed by atoms with E-state index in [1.165, 1.54) is 6.07 Å². The van der Waals surface area contributed by atoms with Crippen LogP contribution in [-0.4, -0.2) is 21.8 Å². The molecule has 1 amide bonds. The molecule has 0 spiro atoms. The number of amides is 1. The van der Waals surface area contributed by atoms with Gasteiger partial charge in [0.25, 0.3) is 5.91 Å². The number of thiazole rings is 1. The fraction of sp³-hybridized carbons (Fsp3) is 0.190. The number of anilines is 1. The number of aryl methyl sites for hydroxylation is 3. The van der Waals surface area contributed by atoms with Gasteiger partial charge in [-0.05, 0) is 45.0 Å². The summed E-state index contributed by atoms with van der Waals surface area (Å²) in [4.78, 5) is 31.5. The maximum atomic E-state index is 14.6. The molecule has 1 unspecified atom stereocenters. The standard InChI is InChI=1S/C21H16F2N2O4S/c1-9-4-7-15(29-9)17-16(18(26)20-10(2)24-11(3)30-20)19(27)21(28)25(17)14-8-12(22)5-6-13(14)23/h4-8,17,27H,1-3H3. The molecule has 1 atom stereocenters. The Balaban J connectivity index is 1.92. The number of rotatable bonds is 4. The minimum Gasteiger partial charge on any atom is -0.503 e. The van der Waals surface area contributed by atoms with Crippen LogP contribution in [-0.2, 0) is 4.79 Å². The lowest BCUT2D eigenvalue weighted by Gasteiger charge is -2.25. The molecule has 1 aromatic carbocycles. The molecule has 1 aliphatic rings. The van der Waals surface area contributed by atoms with E-state index in [9.17, 15) is 23.5 Å². The van der Waals surface area contributed by atoms with Crippen LogP contribution in [0.1, 0.15) is 37.9 Å². The highest BCUT2D eigenvalue weighted by Crippen LogP contribution is 2.44. The van der Waals surface area contributed by atoms with E-state index in [1.807, 2.05) is 0 Å². The molecular weight excluding hydrogens is 414 g/mol. The maximum Gasteiger partial charge on any atom is 0.294 e. The van der Waals surface area contributed by atoms with Crippen molar-refractivity contribution in [1.29, 1.82) is 0 Å². The SMILES string of the molecule is Cc1ccc(C2C(C(=O)c3sc(C)nc3C)=C(O)C(=O)N2c2cc(F)ccc2F)o1. The number of hydrogen-bond acceptors (Lipinski definition) is 6. The summed E-state index contributed by atoms with van der Waals surface area (Å²) in [5.74, 6) is -3.53. The van der Waals surface area contributed by atoms with Crippen molar-refractivity contribution in [3.05, 3.63) is 80.4 Å². The largest absolute Gasteiger partial charge is 0.503 e. The van der Waals surface area contributed by atoms with Gasteiger partial charge in [-0.15, -0.1) is 11.3 Å². The van der Waals surface area contributed by atoms with Crippen molar-refractivity contribution >= 4 is 28.7 Å². The Morgan fingerprint density at radius 1 is 1.20 bits per heavy atom. The van der Waals surface area contributed by atoms with Crippen molar-refractivity contribution in [3.63, 3.8) is 0 Å². The highest BCUT2D eigenvalue weighted by atomic mass is 32.1. The third-order valence-electron chi connectivity index (χ3n) is 4.76. The number of furan rings is 1. The van der Waals surface area contributed by atoms with E-state index in [2.05, 4.69) is 4.98 Å². The summed E-state index contributed by atoms with van der Waals surface area (Å²) < 4.78 is 34.0. The van der Waals surface area contributed by atoms with E-state index in [1.54, 1.807) is 26.8 Å². The number of aromatic nitrogens is 1. The number of benzene rings is 1. The smallest absolute Gasteiger partial charge is 0.294 e. The van der Waals surface area contributed by atoms with Crippen LogP contribution >= 0.6 is 11.3 Å². The minimum atomic E-state index is -1.27. The Hall–Kier alpha value is -3.33. The Bertz CT molecular complexity index is 1230. The second-order valence-electron chi connectivity index (χ2n) is 6.86. The van der Waals surface area contributed by atoms with Gasteiger partial charge in [0, 0.05) is 6.07 Å². The van der Waals surface area contributed by atoms with E-state index in [4.69, 9.17) is 4.42 Å². The zero-order valence-electron chi connectivity index (χ0n) is 16.2. The number of aliphatic hydroxyl groups is 1. The molecule has 154 valence electrons. The van der Waals surface area contributed by atoms with E-state index in [0.717, 1.165) is 34.4 Å². The van der Waals surface area contributed by atoms with Crippen molar-refractivity contribution in [3.8, 4) is 0 Å². The van der Waals surface area contributed by atoms with Gasteiger partial charge < -0.3 is 9.52 Å². The minimum absolute atomic E-state index is 0.135. The number of Topliss-reactive ketones (excluding diaryl/α,β-unsaturated/α-hetero) is 1. The topological polar surface area (TPSA) is 83.6 Å². The number of hydrogen-bond donors (Lipinski definition) is 1. The van der Waals surface area contributed by atoms with Crippen molar-refractivity contribution in [2.24, 2.45) is 0 Å². The molecule has 2 aromatic heterocycles. The third-order valence-corrected chi connectivity index (χ3v) is 5.83. The fourth-order valence-electron chi connectivity index (χ4n) is 3.49. The van der Waals surface area contributed by atoms with E-state index >= 15 is 0 Å². The van der Waals surface area contributed by atoms with E-state index < -0.39 is 40.8 Å². The van der Waals surface area contributed by atoms with Crippen molar-refractivity contribution in [2.75, 3.05) is 4.90 Å². The first-order valence-electron chi connectivity index (χ1n) is 8.96. The van der Waals surface area contributed by atoms with Gasteiger partial charge in [-0.3, -0.25) is 14.5 Å². The molecular formula is C21H16F2N2O4S. The second-order valence-corrected chi connectivity index (χ2v) is 8.06. The van der Waals surface area contributed by atoms with Crippen molar-refractivity contribution < 1.29 is 27.9 Å². The Morgan fingerprint density at radius 2 is 1.93 bits per heavy atom. The predicted octanol–water partition coefficient (Wildman–Crippen LogP) is 4.72. The summed E-state index contributed by atoms with van der Waals surface area (Å²) in [6.45, 7) is 5.03. The Morgan fingerprint density at radius 3 is 2.53 bits per heavy atom. The van der Waals surface area contributed by atoms with Gasteiger partial charge >= 0.3 is 0 Å². The monoisotopic (exact) mass is 430 g/mol. The Kier molecular flexibility index (Phi) is 4.77. The number of nitrogens with zero attached hydrogens (tertiary/aromatic N) is 2. The number of halogens is 2. The number of carbonyl (C=O) groups is 2. The van der Waals surface area contributed by atoms with Crippen LogP contribution in [0.15, 0.2) is 46.1 Å². The van der Waals surface area contributed by atoms with E-state index in [0.29, 0.717) is 16.5 Å². The summed E-state index contributed by atoms with van der Waals surface area (Å²) in [6, 6.07) is 4.48. The van der Waals surface area contributed by atoms with Gasteiger partial charge in [-0.1, -0.05) is 0 Å². The number of aliphatic hydroxyl groups excluding tert-OH is 1. The zero-order chi connectivity index (χ0) is 21.7. The lowest BCUT2D eigenvalue weighted by atomic mass is 9.99. The Labute approximate surface area is 174 Å². The number of ketones is 1. The van der Waals surface area contributed by atoms with Gasteiger partial charge in [0.05, 0.1) is 26.8 Å². The predicted molar refractivity (Wildman–Crippen MR) is 106 cm³/mol. The first-order valence-corrected chi connectivity index (χ1v) is 9.77. The molecule has 6 nitrogen and oxygen atoms in total. The molecule has 3 heterocycles. The van der Waals surface area contributed by atoms with Crippen LogP contribution in [0.4, 0.5) is 14.5 Å². The van der Waals surface area contributed by atoms with Gasteiger partial charge in [0.1, 0.15) is 29.2 Å². The molecule has 1 N–H and O–H groups in total. The molecule has 0 fully saturated rings. The summed E-state index contributed by atoms with van der Waals surface area (Å²) in [5, 5.41) is 11.2. The quantitative estimate of drug-likeness (QED) is 0.606. The van der Waals surface area contributed by atoms with Gasteiger partial charge in [0.15, 0.2) is 5.76 Å². The summed E-state index contributed by atoms with van der Waals surface area (Å²) >= 11 is 1.12. The highest BCUT2D eigenvalue weighted by Gasteiger charge is 2.47.